The number of nitrogens with zero attached hydrogens (tertiary/aromatic N) is 2. The second kappa shape index (κ2) is 20.9. The molecule has 9 rings (SSSR count). The molecule has 2 aromatic carbocycles. The van der Waals surface area contributed by atoms with Gasteiger partial charge in [-0.3, -0.25) is 24.5 Å². The lowest BCUT2D eigenvalue weighted by molar-refractivity contribution is -0.146. The van der Waals surface area contributed by atoms with Crippen molar-refractivity contribution in [1.29, 1.82) is 0 Å². The van der Waals surface area contributed by atoms with E-state index >= 15 is 4.39 Å². The van der Waals surface area contributed by atoms with Gasteiger partial charge in [0.25, 0.3) is 5.91 Å². The number of nitrogens with two attached hydrogens (primary N) is 1. The number of aromatic nitrogens is 2. The van der Waals surface area contributed by atoms with Gasteiger partial charge >= 0.3 is 5.97 Å². The number of halogens is 6. The highest BCUT2D eigenvalue weighted by Crippen LogP contribution is 2.62. The summed E-state index contributed by atoms with van der Waals surface area (Å²) in [4.78, 5) is 57.0. The third kappa shape index (κ3) is 9.76. The second-order valence-electron chi connectivity index (χ2n) is 14.8. The number of ether oxygens (including phenoxy) is 3. The molecule has 3 saturated heterocycles. The van der Waals surface area contributed by atoms with E-state index in [0.29, 0.717) is 96.0 Å². The molecule has 2 spiro atoms. The van der Waals surface area contributed by atoms with Gasteiger partial charge in [-0.15, -0.1) is 0 Å². The number of hydrogen-bond acceptors (Lipinski definition) is 11. The molecule has 19 heteroatoms. The summed E-state index contributed by atoms with van der Waals surface area (Å²) in [5, 5.41) is 9.46. The van der Waals surface area contributed by atoms with Gasteiger partial charge in [0.1, 0.15) is 17.2 Å². The van der Waals surface area contributed by atoms with Gasteiger partial charge in [-0.1, -0.05) is 65.5 Å². The summed E-state index contributed by atoms with van der Waals surface area (Å²) >= 11 is 23.8. The fraction of sp³-hybridized carbons (Fsp3) is 0.364. The number of rotatable bonds is 4. The van der Waals surface area contributed by atoms with Gasteiger partial charge < -0.3 is 30.6 Å². The van der Waals surface area contributed by atoms with Crippen LogP contribution in [0.15, 0.2) is 60.9 Å². The Balaban J connectivity index is 0.000000185. The quantitative estimate of drug-likeness (QED) is 0.0885. The molecule has 3 atom stereocenters. The Morgan fingerprint density at radius 2 is 1.46 bits per heavy atom. The number of carbonyl (C=O) groups is 4. The first-order valence-electron chi connectivity index (χ1n) is 20.1. The van der Waals surface area contributed by atoms with E-state index in [1.54, 1.807) is 43.3 Å². The van der Waals surface area contributed by atoms with Gasteiger partial charge in [0.05, 0.1) is 25.5 Å². The molecule has 334 valence electrons. The van der Waals surface area contributed by atoms with Crippen LogP contribution in [0.25, 0.3) is 11.6 Å². The Kier molecular flexibility index (Phi) is 15.9. The number of esters is 1. The standard InChI is InChI=1S/C23H22Cl2FN3O4.C14H7Cl2FN2O.C5H8O2.C2H7N/c1-2-33-20(30)18-16(13-5-8-27-19(25)17(13)26)23(22(29-18)6-9-32-10-7-22)14-4-3-12(24)11-15(14)28-21(23)31;15-8-1-2-9-10(14(20)19-11(9)6-8)5-7-3-4-18-13(16)12(7)17;6-5-1-3-7-4-2-5;1-2-3/h3-5,8,11,16,18,29H,2,6-7,9-10H2,1H3,(H,28,31);1-6H,(H,19,20);1-4H2;2-3H2,1H3/t16-,18+,23+;;;/m0.../s1. The van der Waals surface area contributed by atoms with Crippen molar-refractivity contribution in [2.75, 3.05) is 50.2 Å². The van der Waals surface area contributed by atoms with Crippen LogP contribution in [0.1, 0.15) is 67.7 Å². The van der Waals surface area contributed by atoms with Crippen molar-refractivity contribution >= 4 is 93.0 Å². The Morgan fingerprint density at radius 3 is 2.10 bits per heavy atom. The maximum absolute atomic E-state index is 15.5. The van der Waals surface area contributed by atoms with Crippen LogP contribution in [-0.2, 0) is 38.8 Å². The van der Waals surface area contributed by atoms with Crippen LogP contribution >= 0.6 is 46.4 Å². The van der Waals surface area contributed by atoms with E-state index in [4.69, 9.17) is 66.3 Å². The van der Waals surface area contributed by atoms with Gasteiger partial charge in [0, 0.05) is 82.3 Å². The van der Waals surface area contributed by atoms with Crippen LogP contribution in [0, 0.1) is 11.6 Å². The van der Waals surface area contributed by atoms with Crippen molar-refractivity contribution in [2.24, 2.45) is 5.73 Å². The molecule has 0 bridgehead atoms. The van der Waals surface area contributed by atoms with E-state index in [1.807, 2.05) is 6.92 Å². The second-order valence-corrected chi connectivity index (χ2v) is 16.4. The summed E-state index contributed by atoms with van der Waals surface area (Å²) in [6, 6.07) is 12.1. The average Bonchev–Trinajstić information content (AvgIpc) is 3.84. The Hall–Kier alpha value is -4.58. The highest BCUT2D eigenvalue weighted by atomic mass is 35.5. The number of ketones is 1. The van der Waals surface area contributed by atoms with E-state index in [1.165, 1.54) is 30.6 Å². The van der Waals surface area contributed by atoms with E-state index in [-0.39, 0.29) is 39.9 Å². The first kappa shape index (κ1) is 47.9. The lowest BCUT2D eigenvalue weighted by Crippen LogP contribution is -2.61. The zero-order chi connectivity index (χ0) is 45.5. The summed E-state index contributed by atoms with van der Waals surface area (Å²) in [6.07, 6.45) is 6.33. The van der Waals surface area contributed by atoms with E-state index in [2.05, 4.69) is 25.9 Å². The normalized spacial score (nSPS) is 22.1. The van der Waals surface area contributed by atoms with Crippen LogP contribution in [-0.4, -0.2) is 84.7 Å². The average molecular weight is 949 g/mol. The predicted octanol–water partition coefficient (Wildman–Crippen LogP) is 7.94. The largest absolute Gasteiger partial charge is 0.465 e. The maximum Gasteiger partial charge on any atom is 0.323 e. The fourth-order valence-electron chi connectivity index (χ4n) is 8.51. The van der Waals surface area contributed by atoms with Crippen LogP contribution < -0.4 is 21.7 Å². The SMILES string of the molecule is CCN.CCOC(=O)[C@@H]1NC2(CCOCC2)[C@@]2(C(=O)Nc3cc(Cl)ccc32)[C@H]1c1ccnc(Cl)c1F.O=C1CCOCC1.O=C1Nc2cc(Cl)ccc2C1=Cc1ccnc(Cl)c1F. The van der Waals surface area contributed by atoms with Gasteiger partial charge in [-0.2, -0.15) is 0 Å². The summed E-state index contributed by atoms with van der Waals surface area (Å²) in [5.74, 6) is -3.24. The number of Topliss-reactive ketones (excluding diaryl/α,β-unsaturated/α-hetero) is 1. The zero-order valence-corrected chi connectivity index (χ0v) is 37.2. The Morgan fingerprint density at radius 1 is 0.857 bits per heavy atom. The van der Waals surface area contributed by atoms with Crippen molar-refractivity contribution < 1.29 is 42.2 Å². The topological polar surface area (TPSA) is 184 Å². The van der Waals surface area contributed by atoms with Crippen molar-refractivity contribution in [3.63, 3.8) is 0 Å². The monoisotopic (exact) mass is 946 g/mol. The van der Waals surface area contributed by atoms with Gasteiger partial charge in [-0.25, -0.2) is 18.7 Å². The van der Waals surface area contributed by atoms with E-state index in [9.17, 15) is 23.6 Å². The predicted molar refractivity (Wildman–Crippen MR) is 237 cm³/mol. The maximum atomic E-state index is 15.5. The lowest BCUT2D eigenvalue weighted by Gasteiger charge is -2.46. The first-order valence-corrected chi connectivity index (χ1v) is 21.6. The van der Waals surface area contributed by atoms with Crippen molar-refractivity contribution in [3.05, 3.63) is 115 Å². The van der Waals surface area contributed by atoms with E-state index < -0.39 is 40.5 Å². The molecule has 5 N–H and O–H groups in total. The summed E-state index contributed by atoms with van der Waals surface area (Å²) in [5.41, 5.74) is 5.78. The number of fused-ring (bicyclic) bond motifs is 4. The molecule has 2 aromatic heterocycles. The first-order chi connectivity index (χ1) is 30.2. The van der Waals surface area contributed by atoms with Crippen molar-refractivity contribution in [3.8, 4) is 0 Å². The van der Waals surface area contributed by atoms with Crippen LogP contribution in [0.4, 0.5) is 20.2 Å². The molecule has 2 amide bonds. The Bertz CT molecular complexity index is 2410. The summed E-state index contributed by atoms with van der Waals surface area (Å²) < 4.78 is 45.2. The molecule has 5 aliphatic rings. The lowest BCUT2D eigenvalue weighted by atomic mass is 9.57. The molecular weight excluding hydrogens is 904 g/mol. The van der Waals surface area contributed by atoms with Crippen LogP contribution in [0.5, 0.6) is 0 Å². The van der Waals surface area contributed by atoms with Gasteiger partial charge in [-0.05, 0) is 79.9 Å². The van der Waals surface area contributed by atoms with Crippen molar-refractivity contribution in [2.45, 2.75) is 62.4 Å². The molecule has 0 unspecified atom stereocenters. The molecule has 0 radical (unpaired) electrons. The highest BCUT2D eigenvalue weighted by Gasteiger charge is 2.73. The zero-order valence-electron chi connectivity index (χ0n) is 34.2. The van der Waals surface area contributed by atoms with Crippen molar-refractivity contribution in [1.82, 2.24) is 15.3 Å². The summed E-state index contributed by atoms with van der Waals surface area (Å²) in [6.45, 7) is 6.54. The van der Waals surface area contributed by atoms with E-state index in [0.717, 1.165) is 6.54 Å². The van der Waals surface area contributed by atoms with Crippen LogP contribution in [0.3, 0.4) is 0 Å². The number of pyridine rings is 2. The molecule has 0 aliphatic carbocycles. The smallest absolute Gasteiger partial charge is 0.323 e. The molecule has 0 saturated carbocycles. The number of carbonyl (C=O) groups excluding carboxylic acids is 4. The fourth-order valence-corrected chi connectivity index (χ4v) is 9.19. The van der Waals surface area contributed by atoms with Crippen LogP contribution in [0.2, 0.25) is 20.4 Å². The molecule has 3 fully saturated rings. The summed E-state index contributed by atoms with van der Waals surface area (Å²) in [7, 11) is 0. The number of benzene rings is 2. The molecular formula is C44H44Cl4F2N6O7. The van der Waals surface area contributed by atoms with Gasteiger partial charge in [0.15, 0.2) is 21.9 Å². The molecule has 13 nitrogen and oxygen atoms in total. The third-order valence-electron chi connectivity index (χ3n) is 11.1. The number of amides is 2. The van der Waals surface area contributed by atoms with Gasteiger partial charge in [0.2, 0.25) is 5.91 Å². The minimum atomic E-state index is -1.33. The number of hydrogen-bond donors (Lipinski definition) is 4. The third-order valence-corrected chi connectivity index (χ3v) is 12.1. The minimum Gasteiger partial charge on any atom is -0.465 e. The molecule has 4 aromatic rings. The highest BCUT2D eigenvalue weighted by molar-refractivity contribution is 6.37. The molecule has 7 heterocycles. The number of nitrogens with one attached hydrogen (secondary N) is 3. The molecule has 5 aliphatic heterocycles. The minimum absolute atomic E-state index is 0.127. The molecule has 63 heavy (non-hydrogen) atoms. The number of anilines is 2. The Labute approximate surface area is 382 Å².